The summed E-state index contributed by atoms with van der Waals surface area (Å²) in [5.74, 6) is 0. The van der Waals surface area contributed by atoms with Crippen molar-refractivity contribution in [3.05, 3.63) is 217 Å². The zero-order valence-corrected chi connectivity index (χ0v) is 32.2. The van der Waals surface area contributed by atoms with Gasteiger partial charge in [-0.1, -0.05) is 174 Å². The number of halogens is 1. The van der Waals surface area contributed by atoms with E-state index in [-0.39, 0.29) is 0 Å². The summed E-state index contributed by atoms with van der Waals surface area (Å²) >= 11 is 3.82. The van der Waals surface area contributed by atoms with E-state index in [4.69, 9.17) is 0 Å². The second-order valence-corrected chi connectivity index (χ2v) is 15.2. The van der Waals surface area contributed by atoms with Crippen molar-refractivity contribution >= 4 is 59.6 Å². The minimum absolute atomic E-state index is 1.05. The summed E-state index contributed by atoms with van der Waals surface area (Å²) in [7, 11) is 0. The fourth-order valence-electron chi connectivity index (χ4n) is 7.97. The maximum atomic E-state index is 3.82. The summed E-state index contributed by atoms with van der Waals surface area (Å²) in [5.41, 5.74) is 14.1. The molecule has 0 aliphatic carbocycles. The minimum Gasteiger partial charge on any atom is -0.356 e. The van der Waals surface area contributed by atoms with Crippen molar-refractivity contribution in [3.63, 3.8) is 0 Å². The van der Waals surface area contributed by atoms with Crippen LogP contribution in [0.2, 0.25) is 0 Å². The van der Waals surface area contributed by atoms with Gasteiger partial charge >= 0.3 is 0 Å². The van der Waals surface area contributed by atoms with Crippen molar-refractivity contribution < 1.29 is 0 Å². The second kappa shape index (κ2) is 14.5. The average molecular weight is 779 g/mol. The zero-order chi connectivity index (χ0) is 37.4. The fourth-order valence-corrected chi connectivity index (χ4v) is 8.56. The number of fused-ring (bicyclic) bond motifs is 4. The van der Waals surface area contributed by atoms with Crippen molar-refractivity contribution in [2.45, 2.75) is 0 Å². The summed E-state index contributed by atoms with van der Waals surface area (Å²) in [5, 5.41) is 11.1. The molecule has 1 nitrogen and oxygen atoms in total. The first-order chi connectivity index (χ1) is 27.6. The van der Waals surface area contributed by atoms with E-state index in [0.717, 1.165) is 15.8 Å². The van der Waals surface area contributed by atoms with Crippen molar-refractivity contribution in [3.8, 4) is 55.6 Å². The summed E-state index contributed by atoms with van der Waals surface area (Å²) in [6.07, 6.45) is 0. The van der Waals surface area contributed by atoms with Gasteiger partial charge in [0.05, 0.1) is 0 Å². The highest BCUT2D eigenvalue weighted by Crippen LogP contribution is 2.39. The Hall–Kier alpha value is -6.74. The molecule has 0 aliphatic heterocycles. The molecule has 0 atom stereocenters. The van der Waals surface area contributed by atoms with E-state index in [1.807, 2.05) is 0 Å². The molecule has 0 aromatic heterocycles. The molecule has 0 spiro atoms. The third-order valence-electron chi connectivity index (χ3n) is 10.9. The van der Waals surface area contributed by atoms with E-state index < -0.39 is 0 Å². The van der Waals surface area contributed by atoms with Gasteiger partial charge in [0.25, 0.3) is 0 Å². The van der Waals surface area contributed by atoms with Crippen molar-refractivity contribution in [1.82, 2.24) is 0 Å². The first kappa shape index (κ1) is 33.8. The summed E-state index contributed by atoms with van der Waals surface area (Å²) in [6, 6.07) is 76.8. The van der Waals surface area contributed by atoms with Crippen LogP contribution < -0.4 is 5.32 Å². The predicted molar refractivity (Wildman–Crippen MR) is 244 cm³/mol. The van der Waals surface area contributed by atoms with E-state index in [1.54, 1.807) is 0 Å². The molecule has 0 unspecified atom stereocenters. The van der Waals surface area contributed by atoms with E-state index in [2.05, 4.69) is 234 Å². The molecule has 0 amide bonds. The molecule has 56 heavy (non-hydrogen) atoms. The maximum Gasteiger partial charge on any atom is 0.0384 e. The second-order valence-electron chi connectivity index (χ2n) is 14.4. The smallest absolute Gasteiger partial charge is 0.0384 e. The van der Waals surface area contributed by atoms with Crippen LogP contribution in [0.1, 0.15) is 0 Å². The van der Waals surface area contributed by atoms with Crippen LogP contribution in [0.5, 0.6) is 0 Å². The lowest BCUT2D eigenvalue weighted by Gasteiger charge is -2.15. The van der Waals surface area contributed by atoms with E-state index >= 15 is 0 Å². The third kappa shape index (κ3) is 6.55. The quantitative estimate of drug-likeness (QED) is 0.159. The highest BCUT2D eigenvalue weighted by molar-refractivity contribution is 9.10. The van der Waals surface area contributed by atoms with E-state index in [9.17, 15) is 0 Å². The molecule has 1 N–H and O–H groups in total. The van der Waals surface area contributed by atoms with Crippen molar-refractivity contribution in [2.75, 3.05) is 5.32 Å². The van der Waals surface area contributed by atoms with E-state index in [1.165, 1.54) is 88.0 Å². The Morgan fingerprint density at radius 3 is 1.55 bits per heavy atom. The van der Waals surface area contributed by atoms with Gasteiger partial charge in [0.1, 0.15) is 0 Å². The minimum atomic E-state index is 1.05. The number of benzene rings is 10. The highest BCUT2D eigenvalue weighted by atomic mass is 79.9. The Morgan fingerprint density at radius 2 is 0.786 bits per heavy atom. The first-order valence-corrected chi connectivity index (χ1v) is 19.8. The summed E-state index contributed by atoms with van der Waals surface area (Å²) in [4.78, 5) is 0. The number of hydrogen-bond donors (Lipinski definition) is 1. The number of anilines is 2. The van der Waals surface area contributed by atoms with Crippen LogP contribution in [0, 0.1) is 0 Å². The molecule has 0 saturated carbocycles. The molecule has 10 aromatic carbocycles. The molecule has 0 aliphatic rings. The standard InChI is InChI=1S/C54H36BrN/c55-54-35-46-33-44(23-30-50(46)51-15-6-7-16-52(51)54)41-13-8-14-42(32-41)45-24-29-49(38-10-2-1-3-11-38)53(34-45)39-21-27-48(28-22-39)56-47-25-19-37(20-26-47)43-18-17-36-9-4-5-12-40(36)31-43/h1-35,56H. The normalized spacial score (nSPS) is 11.3. The predicted octanol–water partition coefficient (Wildman–Crippen LogP) is 16.0. The first-order valence-electron chi connectivity index (χ1n) is 19.0. The molecule has 0 fully saturated rings. The lowest BCUT2D eigenvalue weighted by atomic mass is 9.90. The fraction of sp³-hybridized carbons (Fsp3) is 0. The highest BCUT2D eigenvalue weighted by Gasteiger charge is 2.12. The van der Waals surface area contributed by atoms with Crippen LogP contribution in [0.25, 0.3) is 88.0 Å². The molecule has 2 heteroatoms. The zero-order valence-electron chi connectivity index (χ0n) is 30.6. The molecular formula is C54H36BrN. The van der Waals surface area contributed by atoms with Gasteiger partial charge in [0.15, 0.2) is 0 Å². The van der Waals surface area contributed by atoms with Gasteiger partial charge in [-0.25, -0.2) is 0 Å². The lowest BCUT2D eigenvalue weighted by molar-refractivity contribution is 1.53. The van der Waals surface area contributed by atoms with Gasteiger partial charge in [-0.2, -0.15) is 0 Å². The topological polar surface area (TPSA) is 12.0 Å². The van der Waals surface area contributed by atoms with Crippen LogP contribution >= 0.6 is 15.9 Å². The molecule has 0 saturated heterocycles. The van der Waals surface area contributed by atoms with Crippen molar-refractivity contribution in [1.29, 1.82) is 0 Å². The Kier molecular flexibility index (Phi) is 8.74. The lowest BCUT2D eigenvalue weighted by Crippen LogP contribution is -1.92. The molecule has 0 heterocycles. The Balaban J connectivity index is 0.949. The average Bonchev–Trinajstić information content (AvgIpc) is 3.27. The van der Waals surface area contributed by atoms with Crippen molar-refractivity contribution in [2.24, 2.45) is 0 Å². The summed E-state index contributed by atoms with van der Waals surface area (Å²) in [6.45, 7) is 0. The monoisotopic (exact) mass is 777 g/mol. The van der Waals surface area contributed by atoms with Gasteiger partial charge < -0.3 is 5.32 Å². The van der Waals surface area contributed by atoms with Crippen LogP contribution in [-0.4, -0.2) is 0 Å². The van der Waals surface area contributed by atoms with Gasteiger partial charge in [0.2, 0.25) is 0 Å². The number of rotatable bonds is 7. The van der Waals surface area contributed by atoms with Crippen LogP contribution in [0.4, 0.5) is 11.4 Å². The maximum absolute atomic E-state index is 3.82. The summed E-state index contributed by atoms with van der Waals surface area (Å²) < 4.78 is 1.12. The molecule has 0 bridgehead atoms. The SMILES string of the molecule is Brc1cc2cc(-c3cccc(-c4ccc(-c5ccccc5)c(-c5ccc(Nc6ccc(-c7ccc8ccccc8c7)cc6)cc5)c4)c3)ccc2c2ccccc12. The largest absolute Gasteiger partial charge is 0.356 e. The van der Waals surface area contributed by atoms with Gasteiger partial charge in [0, 0.05) is 15.8 Å². The van der Waals surface area contributed by atoms with Crippen LogP contribution in [-0.2, 0) is 0 Å². The van der Waals surface area contributed by atoms with Crippen LogP contribution in [0.15, 0.2) is 217 Å². The number of nitrogens with one attached hydrogen (secondary N) is 1. The van der Waals surface area contributed by atoms with Gasteiger partial charge in [-0.05, 0) is 143 Å². The molecule has 264 valence electrons. The number of hydrogen-bond acceptors (Lipinski definition) is 1. The molecule has 10 aromatic rings. The van der Waals surface area contributed by atoms with E-state index in [0.29, 0.717) is 0 Å². The molecule has 10 rings (SSSR count). The van der Waals surface area contributed by atoms with Crippen LogP contribution in [0.3, 0.4) is 0 Å². The van der Waals surface area contributed by atoms with Gasteiger partial charge in [-0.3, -0.25) is 0 Å². The molecular weight excluding hydrogens is 743 g/mol. The van der Waals surface area contributed by atoms with Gasteiger partial charge in [-0.15, -0.1) is 0 Å². The molecule has 0 radical (unpaired) electrons. The Labute approximate surface area is 335 Å². The Morgan fingerprint density at radius 1 is 0.268 bits per heavy atom. The Bertz CT molecular complexity index is 3040. The third-order valence-corrected chi connectivity index (χ3v) is 11.6.